The van der Waals surface area contributed by atoms with Gasteiger partial charge in [-0.1, -0.05) is 28.1 Å². The topological polar surface area (TPSA) is 41.1 Å². The maximum Gasteiger partial charge on any atom is 0.247 e. The first-order valence-electron chi connectivity index (χ1n) is 6.38. The molecule has 2 N–H and O–H groups in total. The summed E-state index contributed by atoms with van der Waals surface area (Å²) in [5.41, 5.74) is 2.75. The van der Waals surface area contributed by atoms with E-state index in [9.17, 15) is 4.79 Å². The molecule has 1 aliphatic heterocycles. The molecule has 1 aromatic rings. The van der Waals surface area contributed by atoms with E-state index in [1.165, 1.54) is 5.57 Å². The third-order valence-electron chi connectivity index (χ3n) is 3.54. The fraction of sp³-hybridized carbons (Fsp3) is 0.400. The number of benzene rings is 1. The highest BCUT2D eigenvalue weighted by Gasteiger charge is 2.25. The van der Waals surface area contributed by atoms with Gasteiger partial charge in [-0.25, -0.2) is 0 Å². The van der Waals surface area contributed by atoms with Gasteiger partial charge < -0.3 is 10.6 Å². The summed E-state index contributed by atoms with van der Waals surface area (Å²) in [6.07, 6.45) is 0. The minimum absolute atomic E-state index is 0.0180. The van der Waals surface area contributed by atoms with Crippen LogP contribution in [0.15, 0.2) is 39.9 Å². The van der Waals surface area contributed by atoms with Crippen LogP contribution in [0, 0.1) is 0 Å². The van der Waals surface area contributed by atoms with Gasteiger partial charge in [0.25, 0.3) is 0 Å². The lowest BCUT2D eigenvalue weighted by Crippen LogP contribution is -2.43. The van der Waals surface area contributed by atoms with Gasteiger partial charge in [0.15, 0.2) is 0 Å². The highest BCUT2D eigenvalue weighted by molar-refractivity contribution is 9.10. The molecule has 102 valence electrons. The van der Waals surface area contributed by atoms with E-state index in [1.807, 2.05) is 45.0 Å². The highest BCUT2D eigenvalue weighted by Crippen LogP contribution is 2.23. The Balaban J connectivity index is 2.12. The summed E-state index contributed by atoms with van der Waals surface area (Å²) in [6.45, 7) is 7.59. The molecule has 0 radical (unpaired) electrons. The maximum atomic E-state index is 12.2. The largest absolute Gasteiger partial charge is 0.343 e. The monoisotopic (exact) mass is 322 g/mol. The Bertz CT molecular complexity index is 511. The zero-order chi connectivity index (χ0) is 14.0. The summed E-state index contributed by atoms with van der Waals surface area (Å²) >= 11 is 3.42. The molecule has 1 saturated heterocycles. The molecule has 0 bridgehead atoms. The molecule has 0 aromatic heterocycles. The summed E-state index contributed by atoms with van der Waals surface area (Å²) in [6, 6.07) is 8.03. The van der Waals surface area contributed by atoms with E-state index in [0.717, 1.165) is 28.7 Å². The maximum absolute atomic E-state index is 12.2. The molecule has 0 aliphatic carbocycles. The first-order valence-corrected chi connectivity index (χ1v) is 7.17. The predicted molar refractivity (Wildman–Crippen MR) is 80.9 cm³/mol. The molecule has 0 spiro atoms. The van der Waals surface area contributed by atoms with Crippen LogP contribution in [0.5, 0.6) is 0 Å². The Morgan fingerprint density at radius 1 is 1.26 bits per heavy atom. The molecular weight excluding hydrogens is 304 g/mol. The fourth-order valence-electron chi connectivity index (χ4n) is 1.99. The van der Waals surface area contributed by atoms with Crippen molar-refractivity contribution in [3.8, 4) is 0 Å². The summed E-state index contributed by atoms with van der Waals surface area (Å²) in [7, 11) is 0. The summed E-state index contributed by atoms with van der Waals surface area (Å²) in [5, 5.41) is 6.26. The predicted octanol–water partition coefficient (Wildman–Crippen LogP) is 2.72. The summed E-state index contributed by atoms with van der Waals surface area (Å²) in [4.78, 5) is 12.2. The van der Waals surface area contributed by atoms with Crippen molar-refractivity contribution in [2.24, 2.45) is 0 Å². The van der Waals surface area contributed by atoms with Gasteiger partial charge in [0, 0.05) is 23.1 Å². The fourth-order valence-corrected chi connectivity index (χ4v) is 2.26. The van der Waals surface area contributed by atoms with Crippen LogP contribution in [-0.2, 0) is 10.3 Å². The number of rotatable bonds is 3. The SMILES string of the molecule is CC(C(=O)NC(C)(C)c1ccc(Br)cc1)=C1CNC1. The lowest BCUT2D eigenvalue weighted by Gasteiger charge is -2.29. The molecule has 0 saturated carbocycles. The molecule has 2 rings (SSSR count). The van der Waals surface area contributed by atoms with Crippen molar-refractivity contribution in [3.63, 3.8) is 0 Å². The van der Waals surface area contributed by atoms with E-state index < -0.39 is 0 Å². The van der Waals surface area contributed by atoms with Crippen LogP contribution in [0.4, 0.5) is 0 Å². The van der Waals surface area contributed by atoms with Crippen LogP contribution in [0.25, 0.3) is 0 Å². The number of carbonyl (C=O) groups is 1. The molecule has 0 atom stereocenters. The average molecular weight is 323 g/mol. The Morgan fingerprint density at radius 2 is 1.84 bits per heavy atom. The quantitative estimate of drug-likeness (QED) is 0.840. The number of carbonyl (C=O) groups excluding carboxylic acids is 1. The first-order chi connectivity index (χ1) is 8.90. The summed E-state index contributed by atoms with van der Waals surface area (Å²) in [5.74, 6) is 0.0180. The second-order valence-corrected chi connectivity index (χ2v) is 6.33. The lowest BCUT2D eigenvalue weighted by molar-refractivity contribution is -0.119. The van der Waals surface area contributed by atoms with Crippen molar-refractivity contribution in [2.45, 2.75) is 26.3 Å². The van der Waals surface area contributed by atoms with E-state index in [1.54, 1.807) is 0 Å². The minimum Gasteiger partial charge on any atom is -0.343 e. The van der Waals surface area contributed by atoms with E-state index >= 15 is 0 Å². The van der Waals surface area contributed by atoms with E-state index in [-0.39, 0.29) is 11.4 Å². The third kappa shape index (κ3) is 3.25. The summed E-state index contributed by atoms with van der Waals surface area (Å²) < 4.78 is 1.04. The van der Waals surface area contributed by atoms with Crippen LogP contribution in [0.1, 0.15) is 26.3 Å². The van der Waals surface area contributed by atoms with Crippen molar-refractivity contribution in [1.82, 2.24) is 10.6 Å². The Morgan fingerprint density at radius 3 is 2.32 bits per heavy atom. The molecule has 1 fully saturated rings. The average Bonchev–Trinajstić information content (AvgIpc) is 2.26. The minimum atomic E-state index is -0.378. The Labute approximate surface area is 122 Å². The van der Waals surface area contributed by atoms with Gasteiger partial charge in [0.1, 0.15) is 0 Å². The van der Waals surface area contributed by atoms with Gasteiger partial charge >= 0.3 is 0 Å². The van der Waals surface area contributed by atoms with Gasteiger partial charge in [0.05, 0.1) is 5.54 Å². The van der Waals surface area contributed by atoms with Crippen LogP contribution < -0.4 is 10.6 Å². The number of nitrogens with one attached hydrogen (secondary N) is 2. The van der Waals surface area contributed by atoms with Gasteiger partial charge in [-0.15, -0.1) is 0 Å². The number of halogens is 1. The molecule has 1 heterocycles. The van der Waals surface area contributed by atoms with E-state index in [0.29, 0.717) is 0 Å². The van der Waals surface area contributed by atoms with Gasteiger partial charge in [-0.05, 0) is 44.0 Å². The number of amides is 1. The molecule has 19 heavy (non-hydrogen) atoms. The number of hydrogen-bond donors (Lipinski definition) is 2. The van der Waals surface area contributed by atoms with E-state index in [2.05, 4.69) is 26.6 Å². The smallest absolute Gasteiger partial charge is 0.247 e. The van der Waals surface area contributed by atoms with Crippen LogP contribution >= 0.6 is 15.9 Å². The lowest BCUT2D eigenvalue weighted by atomic mass is 9.93. The molecule has 3 nitrogen and oxygen atoms in total. The van der Waals surface area contributed by atoms with Crippen LogP contribution in [0.2, 0.25) is 0 Å². The van der Waals surface area contributed by atoms with Crippen molar-refractivity contribution in [3.05, 3.63) is 45.4 Å². The molecule has 0 unspecified atom stereocenters. The Hall–Kier alpha value is -1.13. The first kappa shape index (κ1) is 14.3. The number of hydrogen-bond acceptors (Lipinski definition) is 2. The standard InChI is InChI=1S/C15H19BrN2O/c1-10(11-8-17-9-11)14(19)18-15(2,3)12-4-6-13(16)7-5-12/h4-7,17H,8-9H2,1-3H3,(H,18,19). The molecular formula is C15H19BrN2O. The Kier molecular flexibility index (Phi) is 4.11. The third-order valence-corrected chi connectivity index (χ3v) is 4.07. The van der Waals surface area contributed by atoms with Crippen molar-refractivity contribution < 1.29 is 4.79 Å². The van der Waals surface area contributed by atoms with Gasteiger partial charge in [-0.2, -0.15) is 0 Å². The molecule has 1 amide bonds. The van der Waals surface area contributed by atoms with Crippen molar-refractivity contribution in [2.75, 3.05) is 13.1 Å². The zero-order valence-electron chi connectivity index (χ0n) is 11.5. The van der Waals surface area contributed by atoms with Crippen LogP contribution in [-0.4, -0.2) is 19.0 Å². The van der Waals surface area contributed by atoms with Gasteiger partial charge in [-0.3, -0.25) is 4.79 Å². The molecule has 4 heteroatoms. The highest BCUT2D eigenvalue weighted by atomic mass is 79.9. The normalized spacial score (nSPS) is 14.8. The molecule has 1 aromatic carbocycles. The van der Waals surface area contributed by atoms with Crippen molar-refractivity contribution >= 4 is 21.8 Å². The second-order valence-electron chi connectivity index (χ2n) is 5.42. The second kappa shape index (κ2) is 5.47. The van der Waals surface area contributed by atoms with E-state index in [4.69, 9.17) is 0 Å². The van der Waals surface area contributed by atoms with Crippen molar-refractivity contribution in [1.29, 1.82) is 0 Å². The molecule has 1 aliphatic rings. The van der Waals surface area contributed by atoms with Crippen LogP contribution in [0.3, 0.4) is 0 Å². The van der Waals surface area contributed by atoms with Gasteiger partial charge in [0.2, 0.25) is 5.91 Å². The zero-order valence-corrected chi connectivity index (χ0v) is 13.1.